The Morgan fingerprint density at radius 1 is 1.33 bits per heavy atom. The second-order valence-electron chi connectivity index (χ2n) is 6.43. The first-order valence-electron chi connectivity index (χ1n) is 8.27. The van der Waals surface area contributed by atoms with Gasteiger partial charge in [0, 0.05) is 32.1 Å². The topological polar surface area (TPSA) is 64.2 Å². The summed E-state index contributed by atoms with van der Waals surface area (Å²) in [5.41, 5.74) is 2.52. The van der Waals surface area contributed by atoms with Crippen LogP contribution in [0.15, 0.2) is 34.9 Å². The van der Waals surface area contributed by atoms with E-state index in [4.69, 9.17) is 9.51 Å². The molecular formula is C18H20N4O2. The normalized spacial score (nSPS) is 18.2. The van der Waals surface area contributed by atoms with Crippen LogP contribution in [0, 0.1) is 6.92 Å². The highest BCUT2D eigenvalue weighted by molar-refractivity contribution is 5.92. The van der Waals surface area contributed by atoms with Crippen molar-refractivity contribution in [3.8, 4) is 0 Å². The van der Waals surface area contributed by atoms with E-state index in [1.54, 1.807) is 13.0 Å². The monoisotopic (exact) mass is 324 g/mol. The maximum Gasteiger partial charge on any atom is 0.276 e. The second-order valence-corrected chi connectivity index (χ2v) is 6.43. The lowest BCUT2D eigenvalue weighted by molar-refractivity contribution is 0.0693. The molecule has 124 valence electrons. The van der Waals surface area contributed by atoms with E-state index in [0.29, 0.717) is 18.0 Å². The van der Waals surface area contributed by atoms with Crippen molar-refractivity contribution in [2.24, 2.45) is 7.05 Å². The van der Waals surface area contributed by atoms with Gasteiger partial charge in [0.25, 0.3) is 5.91 Å². The summed E-state index contributed by atoms with van der Waals surface area (Å²) in [6.45, 7) is 3.22. The molecule has 3 aromatic rings. The quantitative estimate of drug-likeness (QED) is 0.727. The van der Waals surface area contributed by atoms with E-state index in [0.717, 1.165) is 36.2 Å². The predicted octanol–water partition coefficient (Wildman–Crippen LogP) is 2.89. The SMILES string of the molecule is Cc1cc(C(=O)N2CCCC(c3nc4ccccc4n3C)C2)no1. The lowest BCUT2D eigenvalue weighted by atomic mass is 9.97. The third-order valence-corrected chi connectivity index (χ3v) is 4.74. The molecule has 1 atom stereocenters. The molecule has 0 bridgehead atoms. The number of carbonyl (C=O) groups is 1. The van der Waals surface area contributed by atoms with Gasteiger partial charge in [-0.1, -0.05) is 17.3 Å². The van der Waals surface area contributed by atoms with Crippen LogP contribution < -0.4 is 0 Å². The smallest absolute Gasteiger partial charge is 0.276 e. The van der Waals surface area contributed by atoms with Crippen LogP contribution in [0.25, 0.3) is 11.0 Å². The van der Waals surface area contributed by atoms with E-state index in [1.165, 1.54) is 0 Å². The molecule has 3 heterocycles. The second kappa shape index (κ2) is 5.78. The summed E-state index contributed by atoms with van der Waals surface area (Å²) in [5.74, 6) is 1.88. The van der Waals surface area contributed by atoms with Crippen LogP contribution >= 0.6 is 0 Å². The maximum absolute atomic E-state index is 12.6. The van der Waals surface area contributed by atoms with Gasteiger partial charge in [-0.3, -0.25) is 4.79 Å². The number of hydrogen-bond donors (Lipinski definition) is 0. The summed E-state index contributed by atoms with van der Waals surface area (Å²) < 4.78 is 7.18. The Hall–Kier alpha value is -2.63. The predicted molar refractivity (Wildman–Crippen MR) is 89.8 cm³/mol. The van der Waals surface area contributed by atoms with Gasteiger partial charge in [-0.05, 0) is 31.9 Å². The zero-order valence-electron chi connectivity index (χ0n) is 13.9. The molecule has 1 aliphatic rings. The molecule has 4 rings (SSSR count). The number of para-hydroxylation sites is 2. The minimum Gasteiger partial charge on any atom is -0.361 e. The number of amides is 1. The van der Waals surface area contributed by atoms with Gasteiger partial charge in [0.2, 0.25) is 0 Å². The van der Waals surface area contributed by atoms with Crippen molar-refractivity contribution in [3.05, 3.63) is 47.6 Å². The molecule has 1 saturated heterocycles. The third-order valence-electron chi connectivity index (χ3n) is 4.74. The molecule has 0 radical (unpaired) electrons. The molecule has 1 aliphatic heterocycles. The Morgan fingerprint density at radius 2 is 2.17 bits per heavy atom. The Labute approximate surface area is 140 Å². The van der Waals surface area contributed by atoms with Crippen molar-refractivity contribution in [1.82, 2.24) is 19.6 Å². The van der Waals surface area contributed by atoms with Gasteiger partial charge in [-0.15, -0.1) is 0 Å². The molecule has 0 aliphatic carbocycles. The van der Waals surface area contributed by atoms with Gasteiger partial charge < -0.3 is 14.0 Å². The Balaban J connectivity index is 1.60. The number of aryl methyl sites for hydroxylation is 2. The molecule has 24 heavy (non-hydrogen) atoms. The van der Waals surface area contributed by atoms with Gasteiger partial charge in [-0.25, -0.2) is 4.98 Å². The van der Waals surface area contributed by atoms with Crippen LogP contribution in [0.3, 0.4) is 0 Å². The third kappa shape index (κ3) is 2.48. The molecule has 0 spiro atoms. The summed E-state index contributed by atoms with van der Waals surface area (Å²) in [7, 11) is 2.05. The van der Waals surface area contributed by atoms with Crippen LogP contribution in [0.4, 0.5) is 0 Å². The Morgan fingerprint density at radius 3 is 2.92 bits per heavy atom. The van der Waals surface area contributed by atoms with E-state index in [9.17, 15) is 4.79 Å². The molecule has 2 aromatic heterocycles. The highest BCUT2D eigenvalue weighted by Crippen LogP contribution is 2.29. The molecular weight excluding hydrogens is 304 g/mol. The lowest BCUT2D eigenvalue weighted by Gasteiger charge is -2.31. The molecule has 1 aromatic carbocycles. The van der Waals surface area contributed by atoms with E-state index < -0.39 is 0 Å². The van der Waals surface area contributed by atoms with Crippen molar-refractivity contribution in [3.63, 3.8) is 0 Å². The van der Waals surface area contributed by atoms with E-state index in [-0.39, 0.29) is 11.8 Å². The number of rotatable bonds is 2. The Bertz CT molecular complexity index is 895. The van der Waals surface area contributed by atoms with Crippen LogP contribution in [0.1, 0.15) is 40.8 Å². The number of imidazole rings is 1. The number of hydrogen-bond acceptors (Lipinski definition) is 4. The van der Waals surface area contributed by atoms with Gasteiger partial charge in [0.15, 0.2) is 5.69 Å². The molecule has 6 nitrogen and oxygen atoms in total. The van der Waals surface area contributed by atoms with E-state index in [1.807, 2.05) is 30.1 Å². The van der Waals surface area contributed by atoms with Crippen LogP contribution in [-0.2, 0) is 7.05 Å². The average Bonchev–Trinajstić information content (AvgIpc) is 3.19. The van der Waals surface area contributed by atoms with Crippen LogP contribution in [-0.4, -0.2) is 38.6 Å². The number of fused-ring (bicyclic) bond motifs is 1. The summed E-state index contributed by atoms with van der Waals surface area (Å²) in [6, 6.07) is 9.83. The summed E-state index contributed by atoms with van der Waals surface area (Å²) in [4.78, 5) is 19.3. The highest BCUT2D eigenvalue weighted by atomic mass is 16.5. The van der Waals surface area contributed by atoms with Crippen molar-refractivity contribution < 1.29 is 9.32 Å². The number of aromatic nitrogens is 3. The van der Waals surface area contributed by atoms with Crippen LogP contribution in [0.5, 0.6) is 0 Å². The molecule has 1 unspecified atom stereocenters. The van der Waals surface area contributed by atoms with Gasteiger partial charge in [0.05, 0.1) is 11.0 Å². The molecule has 0 saturated carbocycles. The maximum atomic E-state index is 12.6. The largest absolute Gasteiger partial charge is 0.361 e. The number of benzene rings is 1. The van der Waals surface area contributed by atoms with Crippen molar-refractivity contribution in [2.75, 3.05) is 13.1 Å². The molecule has 0 N–H and O–H groups in total. The fourth-order valence-electron chi connectivity index (χ4n) is 3.53. The Kier molecular flexibility index (Phi) is 3.59. The number of nitrogens with zero attached hydrogens (tertiary/aromatic N) is 4. The number of piperidine rings is 1. The summed E-state index contributed by atoms with van der Waals surface area (Å²) >= 11 is 0. The minimum absolute atomic E-state index is 0.0599. The van der Waals surface area contributed by atoms with E-state index in [2.05, 4.69) is 15.8 Å². The fourth-order valence-corrected chi connectivity index (χ4v) is 3.53. The van der Waals surface area contributed by atoms with Gasteiger partial charge in [-0.2, -0.15) is 0 Å². The molecule has 1 amide bonds. The number of likely N-dealkylation sites (tertiary alicyclic amines) is 1. The zero-order valence-corrected chi connectivity index (χ0v) is 13.9. The van der Waals surface area contributed by atoms with Gasteiger partial charge >= 0.3 is 0 Å². The van der Waals surface area contributed by atoms with Crippen molar-refractivity contribution in [1.29, 1.82) is 0 Å². The first-order chi connectivity index (χ1) is 11.6. The standard InChI is InChI=1S/C18H20N4O2/c1-12-10-15(20-24-12)18(23)22-9-5-6-13(11-22)17-19-14-7-3-4-8-16(14)21(17)2/h3-4,7-8,10,13H,5-6,9,11H2,1-2H3. The average molecular weight is 324 g/mol. The summed E-state index contributed by atoms with van der Waals surface area (Å²) in [5, 5.41) is 3.85. The number of carbonyl (C=O) groups excluding carboxylic acids is 1. The van der Waals surface area contributed by atoms with Crippen LogP contribution in [0.2, 0.25) is 0 Å². The lowest BCUT2D eigenvalue weighted by Crippen LogP contribution is -2.39. The summed E-state index contributed by atoms with van der Waals surface area (Å²) in [6.07, 6.45) is 2.01. The molecule has 1 fully saturated rings. The van der Waals surface area contributed by atoms with Gasteiger partial charge in [0.1, 0.15) is 11.6 Å². The van der Waals surface area contributed by atoms with Crippen molar-refractivity contribution >= 4 is 16.9 Å². The fraction of sp³-hybridized carbons (Fsp3) is 0.389. The highest BCUT2D eigenvalue weighted by Gasteiger charge is 2.29. The molecule has 6 heteroatoms. The first kappa shape index (κ1) is 14.9. The zero-order chi connectivity index (χ0) is 16.7. The first-order valence-corrected chi connectivity index (χ1v) is 8.27. The minimum atomic E-state index is -0.0599. The van der Waals surface area contributed by atoms with E-state index >= 15 is 0 Å². The van der Waals surface area contributed by atoms with Crippen molar-refractivity contribution in [2.45, 2.75) is 25.7 Å².